The van der Waals surface area contributed by atoms with Crippen molar-refractivity contribution in [3.63, 3.8) is 0 Å². The normalized spacial score (nSPS) is 8.88. The predicted molar refractivity (Wildman–Crippen MR) is 24.6 cm³/mol. The van der Waals surface area contributed by atoms with Crippen LogP contribution in [0.2, 0.25) is 0 Å². The molecule has 3 nitrogen and oxygen atoms in total. The van der Waals surface area contributed by atoms with E-state index in [1.54, 1.807) is 0 Å². The standard InChI is InChI=1S/C3H5F2N3/c4-3(5)1-2-7-8-6/h3H,1-2H2. The van der Waals surface area contributed by atoms with Gasteiger partial charge in [0, 0.05) is 17.9 Å². The molecule has 0 atom stereocenters. The Labute approximate surface area is 44.9 Å². The first-order valence-corrected chi connectivity index (χ1v) is 2.06. The van der Waals surface area contributed by atoms with Crippen LogP contribution in [0.4, 0.5) is 8.78 Å². The van der Waals surface area contributed by atoms with Crippen LogP contribution in [0.5, 0.6) is 0 Å². The van der Waals surface area contributed by atoms with Gasteiger partial charge in [-0.3, -0.25) is 0 Å². The summed E-state index contributed by atoms with van der Waals surface area (Å²) in [5.41, 5.74) is 7.59. The Kier molecular flexibility index (Phi) is 3.88. The molecule has 0 N–H and O–H groups in total. The average Bonchev–Trinajstić information content (AvgIpc) is 1.66. The van der Waals surface area contributed by atoms with Gasteiger partial charge in [-0.25, -0.2) is 8.78 Å². The van der Waals surface area contributed by atoms with Crippen LogP contribution in [0.15, 0.2) is 5.11 Å². The van der Waals surface area contributed by atoms with Gasteiger partial charge in [0.2, 0.25) is 6.43 Å². The molecule has 0 heterocycles. The molecule has 0 radical (unpaired) electrons. The minimum absolute atomic E-state index is 0.117. The van der Waals surface area contributed by atoms with E-state index in [-0.39, 0.29) is 13.0 Å². The van der Waals surface area contributed by atoms with Crippen molar-refractivity contribution in [3.05, 3.63) is 10.4 Å². The fourth-order valence-corrected chi connectivity index (χ4v) is 0.200. The zero-order chi connectivity index (χ0) is 6.41. The average molecular weight is 121 g/mol. The van der Waals surface area contributed by atoms with E-state index in [0.29, 0.717) is 0 Å². The van der Waals surface area contributed by atoms with E-state index >= 15 is 0 Å². The monoisotopic (exact) mass is 121 g/mol. The second-order valence-corrected chi connectivity index (χ2v) is 1.13. The summed E-state index contributed by atoms with van der Waals surface area (Å²) in [5, 5.41) is 2.91. The molecule has 0 aromatic heterocycles. The largest absolute Gasteiger partial charge is 0.238 e. The third-order valence-electron chi connectivity index (χ3n) is 0.511. The lowest BCUT2D eigenvalue weighted by Crippen LogP contribution is -1.91. The van der Waals surface area contributed by atoms with E-state index in [9.17, 15) is 8.78 Å². The lowest BCUT2D eigenvalue weighted by atomic mass is 10.5. The summed E-state index contributed by atoms with van der Waals surface area (Å²) in [6.07, 6.45) is -2.70. The molecule has 0 unspecified atom stereocenters. The summed E-state index contributed by atoms with van der Waals surface area (Å²) >= 11 is 0. The molecule has 46 valence electrons. The summed E-state index contributed by atoms with van der Waals surface area (Å²) in [5.74, 6) is 0. The number of hydrogen-bond acceptors (Lipinski definition) is 1. The molecule has 0 aliphatic rings. The van der Waals surface area contributed by atoms with Crippen LogP contribution in [0.1, 0.15) is 6.42 Å². The van der Waals surface area contributed by atoms with Gasteiger partial charge in [-0.2, -0.15) is 0 Å². The molecule has 0 rings (SSSR count). The van der Waals surface area contributed by atoms with Crippen molar-refractivity contribution in [3.8, 4) is 0 Å². The molecule has 5 heteroatoms. The number of alkyl halides is 2. The number of rotatable bonds is 3. The first kappa shape index (κ1) is 7.17. The Hall–Kier alpha value is -0.830. The van der Waals surface area contributed by atoms with Gasteiger partial charge >= 0.3 is 0 Å². The molecule has 0 aliphatic carbocycles. The quantitative estimate of drug-likeness (QED) is 0.311. The minimum Gasteiger partial charge on any atom is -0.211 e. The Bertz CT molecular complexity index is 96.7. The molecule has 0 amide bonds. The minimum atomic E-state index is -2.36. The molecule has 8 heavy (non-hydrogen) atoms. The number of hydrogen-bond donors (Lipinski definition) is 0. The summed E-state index contributed by atoms with van der Waals surface area (Å²) in [6.45, 7) is -0.117. The Morgan fingerprint density at radius 1 is 1.62 bits per heavy atom. The van der Waals surface area contributed by atoms with Gasteiger partial charge in [-0.05, 0) is 5.53 Å². The van der Waals surface area contributed by atoms with Gasteiger partial charge in [0.05, 0.1) is 0 Å². The Balaban J connectivity index is 3.05. The molecule has 0 spiro atoms. The third-order valence-corrected chi connectivity index (χ3v) is 0.511. The van der Waals surface area contributed by atoms with E-state index < -0.39 is 6.43 Å². The van der Waals surface area contributed by atoms with E-state index in [1.807, 2.05) is 0 Å². The molecular formula is C3H5F2N3. The first-order chi connectivity index (χ1) is 3.77. The Morgan fingerprint density at radius 3 is 2.62 bits per heavy atom. The maximum atomic E-state index is 11.2. The highest BCUT2D eigenvalue weighted by Crippen LogP contribution is 1.97. The van der Waals surface area contributed by atoms with Crippen molar-refractivity contribution in [2.24, 2.45) is 5.11 Å². The zero-order valence-corrected chi connectivity index (χ0v) is 4.09. The van der Waals surface area contributed by atoms with Crippen molar-refractivity contribution in [2.45, 2.75) is 12.8 Å². The van der Waals surface area contributed by atoms with Gasteiger partial charge in [0.25, 0.3) is 0 Å². The molecule has 0 fully saturated rings. The van der Waals surface area contributed by atoms with Crippen LogP contribution in [0.3, 0.4) is 0 Å². The van der Waals surface area contributed by atoms with Crippen molar-refractivity contribution in [2.75, 3.05) is 6.54 Å². The fourth-order valence-electron chi connectivity index (χ4n) is 0.200. The predicted octanol–water partition coefficient (Wildman–Crippen LogP) is 1.95. The van der Waals surface area contributed by atoms with E-state index in [2.05, 4.69) is 10.0 Å². The summed E-state index contributed by atoms with van der Waals surface area (Å²) < 4.78 is 22.3. The van der Waals surface area contributed by atoms with Gasteiger partial charge in [-0.1, -0.05) is 5.11 Å². The van der Waals surface area contributed by atoms with E-state index in [4.69, 9.17) is 5.53 Å². The molecule has 0 saturated carbocycles. The highest BCUT2D eigenvalue weighted by molar-refractivity contribution is 4.47. The molecule has 0 bridgehead atoms. The van der Waals surface area contributed by atoms with Crippen molar-refractivity contribution < 1.29 is 8.78 Å². The van der Waals surface area contributed by atoms with Crippen molar-refractivity contribution >= 4 is 0 Å². The van der Waals surface area contributed by atoms with Gasteiger partial charge in [0.1, 0.15) is 0 Å². The van der Waals surface area contributed by atoms with Gasteiger partial charge in [-0.15, -0.1) is 0 Å². The Morgan fingerprint density at radius 2 is 2.25 bits per heavy atom. The second kappa shape index (κ2) is 4.33. The molecule has 0 aromatic rings. The van der Waals surface area contributed by atoms with Crippen LogP contribution >= 0.6 is 0 Å². The third kappa shape index (κ3) is 5.17. The smallest absolute Gasteiger partial charge is 0.211 e. The topological polar surface area (TPSA) is 48.8 Å². The fraction of sp³-hybridized carbons (Fsp3) is 1.00. The lowest BCUT2D eigenvalue weighted by molar-refractivity contribution is 0.140. The van der Waals surface area contributed by atoms with Crippen LogP contribution in [0.25, 0.3) is 10.4 Å². The van der Waals surface area contributed by atoms with E-state index in [1.165, 1.54) is 0 Å². The van der Waals surface area contributed by atoms with Crippen LogP contribution in [-0.4, -0.2) is 13.0 Å². The van der Waals surface area contributed by atoms with E-state index in [0.717, 1.165) is 0 Å². The van der Waals surface area contributed by atoms with Crippen molar-refractivity contribution in [1.82, 2.24) is 0 Å². The second-order valence-electron chi connectivity index (χ2n) is 1.13. The number of halogens is 2. The summed E-state index contributed by atoms with van der Waals surface area (Å²) in [4.78, 5) is 2.30. The maximum absolute atomic E-state index is 11.2. The number of azide groups is 1. The summed E-state index contributed by atoms with van der Waals surface area (Å²) in [7, 11) is 0. The highest BCUT2D eigenvalue weighted by atomic mass is 19.3. The van der Waals surface area contributed by atoms with Crippen molar-refractivity contribution in [1.29, 1.82) is 0 Å². The van der Waals surface area contributed by atoms with Gasteiger partial charge in [0.15, 0.2) is 0 Å². The molecular weight excluding hydrogens is 116 g/mol. The van der Waals surface area contributed by atoms with Crippen LogP contribution < -0.4 is 0 Å². The highest BCUT2D eigenvalue weighted by Gasteiger charge is 1.97. The summed E-state index contributed by atoms with van der Waals surface area (Å²) in [6, 6.07) is 0. The van der Waals surface area contributed by atoms with Crippen LogP contribution in [-0.2, 0) is 0 Å². The van der Waals surface area contributed by atoms with Crippen LogP contribution in [0, 0.1) is 0 Å². The number of nitrogens with zero attached hydrogens (tertiary/aromatic N) is 3. The zero-order valence-electron chi connectivity index (χ0n) is 4.09. The molecule has 0 aromatic carbocycles. The van der Waals surface area contributed by atoms with Gasteiger partial charge < -0.3 is 0 Å². The molecule has 0 saturated heterocycles. The molecule has 0 aliphatic heterocycles. The maximum Gasteiger partial charge on any atom is 0.238 e. The first-order valence-electron chi connectivity index (χ1n) is 2.06. The SMILES string of the molecule is [N-]=[N+]=NCCC(F)F. The lowest BCUT2D eigenvalue weighted by Gasteiger charge is -1.88.